The molecule has 0 aromatic carbocycles. The predicted molar refractivity (Wildman–Crippen MR) is 63.4 cm³/mol. The van der Waals surface area contributed by atoms with E-state index in [9.17, 15) is 0 Å². The average molecular weight is 206 g/mol. The number of hydrogen-bond donors (Lipinski definition) is 2. The van der Waals surface area contributed by atoms with E-state index >= 15 is 0 Å². The summed E-state index contributed by atoms with van der Waals surface area (Å²) in [6.07, 6.45) is 2.39. The number of rotatable bonds is 5. The normalized spacial score (nSPS) is 10.0. The van der Waals surface area contributed by atoms with Gasteiger partial charge in [-0.3, -0.25) is 5.41 Å². The molecule has 0 unspecified atom stereocenters. The monoisotopic (exact) mass is 206 g/mol. The molecule has 3 N–H and O–H groups in total. The van der Waals surface area contributed by atoms with Crippen LogP contribution >= 0.6 is 0 Å². The Morgan fingerprint density at radius 2 is 2.33 bits per heavy atom. The van der Waals surface area contributed by atoms with Gasteiger partial charge in [-0.15, -0.1) is 0 Å². The average Bonchev–Trinajstić information content (AvgIpc) is 2.18. The minimum Gasteiger partial charge on any atom is -0.388 e. The molecule has 4 heteroatoms. The number of anilines is 1. The van der Waals surface area contributed by atoms with Crippen LogP contribution in [0.4, 0.5) is 5.82 Å². The lowest BCUT2D eigenvalue weighted by molar-refractivity contribution is 0.814. The first kappa shape index (κ1) is 11.5. The molecule has 0 atom stereocenters. The van der Waals surface area contributed by atoms with E-state index in [1.54, 1.807) is 6.20 Å². The van der Waals surface area contributed by atoms with Gasteiger partial charge in [0.25, 0.3) is 0 Å². The fourth-order valence-electron chi connectivity index (χ4n) is 1.38. The molecule has 4 nitrogen and oxygen atoms in total. The van der Waals surface area contributed by atoms with Crippen molar-refractivity contribution in [3.05, 3.63) is 23.9 Å². The molecule has 0 spiro atoms. The molecular weight excluding hydrogens is 188 g/mol. The lowest BCUT2D eigenvalue weighted by atomic mass is 10.2. The first-order chi connectivity index (χ1) is 7.13. The maximum absolute atomic E-state index is 7.20. The van der Waals surface area contributed by atoms with Gasteiger partial charge in [0.15, 0.2) is 0 Å². The van der Waals surface area contributed by atoms with E-state index in [0.29, 0.717) is 6.42 Å². The Balaban J connectivity index is 2.69. The summed E-state index contributed by atoms with van der Waals surface area (Å²) in [6, 6.07) is 4.02. The maximum atomic E-state index is 7.20. The van der Waals surface area contributed by atoms with Crippen LogP contribution in [-0.4, -0.2) is 23.9 Å². The van der Waals surface area contributed by atoms with Gasteiger partial charge < -0.3 is 10.6 Å². The molecule has 0 bridgehead atoms. The topological polar surface area (TPSA) is 66.0 Å². The second-order valence-corrected chi connectivity index (χ2v) is 3.55. The van der Waals surface area contributed by atoms with E-state index < -0.39 is 0 Å². The molecule has 0 aliphatic rings. The van der Waals surface area contributed by atoms with Gasteiger partial charge in [0.2, 0.25) is 0 Å². The van der Waals surface area contributed by atoms with Gasteiger partial charge in [-0.2, -0.15) is 0 Å². The predicted octanol–water partition coefficient (Wildman–Crippen LogP) is 1.54. The van der Waals surface area contributed by atoms with E-state index in [1.165, 1.54) is 5.56 Å². The number of pyridine rings is 1. The van der Waals surface area contributed by atoms with Crippen molar-refractivity contribution < 1.29 is 0 Å². The summed E-state index contributed by atoms with van der Waals surface area (Å²) in [7, 11) is 0. The number of nitrogens with two attached hydrogens (primary N) is 1. The number of aromatic nitrogens is 1. The van der Waals surface area contributed by atoms with E-state index in [4.69, 9.17) is 11.1 Å². The molecule has 15 heavy (non-hydrogen) atoms. The fraction of sp³-hybridized carbons (Fsp3) is 0.455. The highest BCUT2D eigenvalue weighted by Gasteiger charge is 2.05. The van der Waals surface area contributed by atoms with Crippen LogP contribution in [0, 0.1) is 12.3 Å². The van der Waals surface area contributed by atoms with Gasteiger partial charge in [-0.1, -0.05) is 0 Å². The Hall–Kier alpha value is -1.58. The SMILES string of the molecule is CCN(CCC(=N)N)c1cc(C)ccn1. The summed E-state index contributed by atoms with van der Waals surface area (Å²) in [6.45, 7) is 5.75. The Morgan fingerprint density at radius 3 is 2.87 bits per heavy atom. The zero-order valence-corrected chi connectivity index (χ0v) is 9.33. The summed E-state index contributed by atoms with van der Waals surface area (Å²) in [5.74, 6) is 1.18. The van der Waals surface area contributed by atoms with Crippen molar-refractivity contribution in [3.8, 4) is 0 Å². The molecule has 1 heterocycles. The zero-order valence-electron chi connectivity index (χ0n) is 9.33. The fourth-order valence-corrected chi connectivity index (χ4v) is 1.38. The highest BCUT2D eigenvalue weighted by Crippen LogP contribution is 2.11. The van der Waals surface area contributed by atoms with Crippen LogP contribution in [0.3, 0.4) is 0 Å². The minimum atomic E-state index is 0.223. The molecule has 1 rings (SSSR count). The quantitative estimate of drug-likeness (QED) is 0.567. The van der Waals surface area contributed by atoms with Crippen LogP contribution in [-0.2, 0) is 0 Å². The molecular formula is C11H18N4. The van der Waals surface area contributed by atoms with E-state index in [1.807, 2.05) is 19.1 Å². The van der Waals surface area contributed by atoms with Crippen molar-refractivity contribution in [2.75, 3.05) is 18.0 Å². The van der Waals surface area contributed by atoms with Crippen LogP contribution < -0.4 is 10.6 Å². The van der Waals surface area contributed by atoms with Crippen LogP contribution in [0.5, 0.6) is 0 Å². The molecule has 0 fully saturated rings. The van der Waals surface area contributed by atoms with Crippen LogP contribution in [0.2, 0.25) is 0 Å². The molecule has 0 saturated heterocycles. The van der Waals surface area contributed by atoms with Gasteiger partial charge in [0.1, 0.15) is 5.82 Å². The lowest BCUT2D eigenvalue weighted by Gasteiger charge is -2.21. The molecule has 0 radical (unpaired) electrons. The van der Waals surface area contributed by atoms with Crippen molar-refractivity contribution in [2.24, 2.45) is 5.73 Å². The number of nitrogens with zero attached hydrogens (tertiary/aromatic N) is 2. The van der Waals surface area contributed by atoms with Crippen LogP contribution in [0.15, 0.2) is 18.3 Å². The highest BCUT2D eigenvalue weighted by atomic mass is 15.2. The number of nitrogens with one attached hydrogen (secondary N) is 1. The van der Waals surface area contributed by atoms with Crippen molar-refractivity contribution >= 4 is 11.7 Å². The second kappa shape index (κ2) is 5.34. The minimum absolute atomic E-state index is 0.223. The molecule has 1 aromatic rings. The van der Waals surface area contributed by atoms with Crippen molar-refractivity contribution in [2.45, 2.75) is 20.3 Å². The highest BCUT2D eigenvalue weighted by molar-refractivity contribution is 5.77. The van der Waals surface area contributed by atoms with Crippen LogP contribution in [0.25, 0.3) is 0 Å². The Labute approximate surface area is 90.6 Å². The Bertz CT molecular complexity index is 335. The van der Waals surface area contributed by atoms with Gasteiger partial charge in [0, 0.05) is 25.7 Å². The number of hydrogen-bond acceptors (Lipinski definition) is 3. The van der Waals surface area contributed by atoms with E-state index in [-0.39, 0.29) is 5.84 Å². The number of aryl methyl sites for hydroxylation is 1. The Morgan fingerprint density at radius 1 is 1.60 bits per heavy atom. The summed E-state index contributed by atoms with van der Waals surface area (Å²) in [5.41, 5.74) is 6.54. The first-order valence-electron chi connectivity index (χ1n) is 5.14. The number of amidine groups is 1. The standard InChI is InChI=1S/C11H18N4/c1-3-15(7-5-10(12)13)11-8-9(2)4-6-14-11/h4,6,8H,3,5,7H2,1-2H3,(H3,12,13). The lowest BCUT2D eigenvalue weighted by Crippen LogP contribution is -2.28. The van der Waals surface area contributed by atoms with Gasteiger partial charge in [0.05, 0.1) is 5.84 Å². The summed E-state index contributed by atoms with van der Waals surface area (Å²) in [4.78, 5) is 6.42. The summed E-state index contributed by atoms with van der Waals surface area (Å²) in [5, 5.41) is 7.20. The largest absolute Gasteiger partial charge is 0.388 e. The Kier molecular flexibility index (Phi) is 4.09. The van der Waals surface area contributed by atoms with E-state index in [0.717, 1.165) is 18.9 Å². The third-order valence-electron chi connectivity index (χ3n) is 2.26. The summed E-state index contributed by atoms with van der Waals surface area (Å²) >= 11 is 0. The first-order valence-corrected chi connectivity index (χ1v) is 5.14. The smallest absolute Gasteiger partial charge is 0.128 e. The third-order valence-corrected chi connectivity index (χ3v) is 2.26. The van der Waals surface area contributed by atoms with Gasteiger partial charge in [-0.25, -0.2) is 4.98 Å². The molecule has 82 valence electrons. The van der Waals surface area contributed by atoms with Crippen molar-refractivity contribution in [1.29, 1.82) is 5.41 Å². The van der Waals surface area contributed by atoms with Crippen LogP contribution in [0.1, 0.15) is 18.9 Å². The molecule has 0 aliphatic heterocycles. The van der Waals surface area contributed by atoms with Gasteiger partial charge in [-0.05, 0) is 31.5 Å². The molecule has 0 amide bonds. The van der Waals surface area contributed by atoms with Crippen molar-refractivity contribution in [1.82, 2.24) is 4.98 Å². The molecule has 0 aliphatic carbocycles. The van der Waals surface area contributed by atoms with E-state index in [2.05, 4.69) is 16.8 Å². The summed E-state index contributed by atoms with van der Waals surface area (Å²) < 4.78 is 0. The maximum Gasteiger partial charge on any atom is 0.128 e. The third kappa shape index (κ3) is 3.58. The zero-order chi connectivity index (χ0) is 11.3. The van der Waals surface area contributed by atoms with Crippen molar-refractivity contribution in [3.63, 3.8) is 0 Å². The molecule has 1 aromatic heterocycles. The van der Waals surface area contributed by atoms with Gasteiger partial charge >= 0.3 is 0 Å². The molecule has 0 saturated carbocycles. The second-order valence-electron chi connectivity index (χ2n) is 3.55.